The van der Waals surface area contributed by atoms with Crippen molar-refractivity contribution in [3.8, 4) is 0 Å². The highest BCUT2D eigenvalue weighted by molar-refractivity contribution is 14.0. The summed E-state index contributed by atoms with van der Waals surface area (Å²) in [6, 6.07) is 10.5. The van der Waals surface area contributed by atoms with Gasteiger partial charge in [-0.1, -0.05) is 30.3 Å². The molecule has 1 aromatic rings. The van der Waals surface area contributed by atoms with Crippen LogP contribution in [0.5, 0.6) is 0 Å². The minimum Gasteiger partial charge on any atom is -0.357 e. The molecule has 154 valence electrons. The fourth-order valence-corrected chi connectivity index (χ4v) is 4.53. The summed E-state index contributed by atoms with van der Waals surface area (Å²) in [5.74, 6) is 0.957. The normalized spacial score (nSPS) is 20.1. The Bertz CT molecular complexity index is 720. The van der Waals surface area contributed by atoms with Crippen molar-refractivity contribution in [1.82, 2.24) is 15.1 Å². The lowest BCUT2D eigenvalue weighted by Gasteiger charge is -2.39. The van der Waals surface area contributed by atoms with Gasteiger partial charge in [0.2, 0.25) is 0 Å². The third-order valence-corrected chi connectivity index (χ3v) is 7.43. The summed E-state index contributed by atoms with van der Waals surface area (Å²) >= 11 is 0. The molecular formula is C19H33IN4O2S. The fraction of sp³-hybridized carbons (Fsp3) is 0.632. The second-order valence-corrected chi connectivity index (χ2v) is 10.3. The van der Waals surface area contributed by atoms with Gasteiger partial charge in [0.15, 0.2) is 15.8 Å². The van der Waals surface area contributed by atoms with E-state index in [9.17, 15) is 8.42 Å². The average Bonchev–Trinajstić information content (AvgIpc) is 2.57. The van der Waals surface area contributed by atoms with Crippen LogP contribution in [0.4, 0.5) is 0 Å². The van der Waals surface area contributed by atoms with Crippen LogP contribution in [-0.4, -0.2) is 75.0 Å². The predicted octanol–water partition coefficient (Wildman–Crippen LogP) is 2.38. The van der Waals surface area contributed by atoms with Gasteiger partial charge in [0, 0.05) is 19.6 Å². The molecule has 1 saturated heterocycles. The van der Waals surface area contributed by atoms with Crippen LogP contribution in [-0.2, 0) is 9.84 Å². The Morgan fingerprint density at radius 1 is 1.30 bits per heavy atom. The van der Waals surface area contributed by atoms with Gasteiger partial charge < -0.3 is 15.1 Å². The highest BCUT2D eigenvalue weighted by Gasteiger charge is 2.41. The van der Waals surface area contributed by atoms with Crippen LogP contribution >= 0.6 is 24.0 Å². The zero-order chi connectivity index (χ0) is 19.4. The second-order valence-electron chi connectivity index (χ2n) is 7.58. The van der Waals surface area contributed by atoms with Crippen molar-refractivity contribution in [3.63, 3.8) is 0 Å². The Hall–Kier alpha value is -0.870. The molecule has 0 spiro atoms. The fourth-order valence-electron chi connectivity index (χ4n) is 3.17. The average molecular weight is 508 g/mol. The minimum atomic E-state index is -3.06. The minimum absolute atomic E-state index is 0. The number of guanidine groups is 1. The van der Waals surface area contributed by atoms with Crippen molar-refractivity contribution in [2.24, 2.45) is 4.99 Å². The van der Waals surface area contributed by atoms with Crippen molar-refractivity contribution in [2.45, 2.75) is 31.6 Å². The number of nitrogens with one attached hydrogen (secondary N) is 1. The van der Waals surface area contributed by atoms with Gasteiger partial charge in [0.25, 0.3) is 0 Å². The first-order valence-corrected chi connectivity index (χ1v) is 10.8. The van der Waals surface area contributed by atoms with Crippen molar-refractivity contribution >= 4 is 39.8 Å². The van der Waals surface area contributed by atoms with E-state index in [0.717, 1.165) is 12.5 Å². The lowest BCUT2D eigenvalue weighted by atomic mass is 10.1. The predicted molar refractivity (Wildman–Crippen MR) is 124 cm³/mol. The van der Waals surface area contributed by atoms with Gasteiger partial charge in [-0.25, -0.2) is 8.42 Å². The third-order valence-electron chi connectivity index (χ3n) is 4.90. The first-order valence-electron chi connectivity index (χ1n) is 9.15. The number of nitrogens with zero attached hydrogens (tertiary/aromatic N) is 3. The molecule has 0 aliphatic carbocycles. The Labute approximate surface area is 181 Å². The Morgan fingerprint density at radius 2 is 1.93 bits per heavy atom. The lowest BCUT2D eigenvalue weighted by molar-refractivity contribution is 0.303. The number of sulfone groups is 1. The summed E-state index contributed by atoms with van der Waals surface area (Å²) in [4.78, 5) is 9.07. The summed E-state index contributed by atoms with van der Waals surface area (Å²) in [5.41, 5.74) is 1.22. The molecule has 0 amide bonds. The van der Waals surface area contributed by atoms with E-state index in [1.807, 2.05) is 25.1 Å². The molecule has 1 atom stereocenters. The van der Waals surface area contributed by atoms with Crippen LogP contribution in [0, 0.1) is 0 Å². The van der Waals surface area contributed by atoms with E-state index >= 15 is 0 Å². The molecule has 0 aromatic heterocycles. The smallest absolute Gasteiger partial charge is 0.194 e. The van der Waals surface area contributed by atoms with E-state index in [4.69, 9.17) is 4.99 Å². The van der Waals surface area contributed by atoms with Gasteiger partial charge in [-0.15, -0.1) is 24.0 Å². The molecule has 0 saturated carbocycles. The molecule has 8 heteroatoms. The van der Waals surface area contributed by atoms with E-state index in [1.54, 1.807) is 13.8 Å². The quantitative estimate of drug-likeness (QED) is 0.376. The van der Waals surface area contributed by atoms with Crippen LogP contribution in [0.1, 0.15) is 32.4 Å². The summed E-state index contributed by atoms with van der Waals surface area (Å²) < 4.78 is 23.8. The monoisotopic (exact) mass is 508 g/mol. The number of hydrogen-bond donors (Lipinski definition) is 1. The van der Waals surface area contributed by atoms with Gasteiger partial charge in [-0.3, -0.25) is 4.99 Å². The molecule has 2 rings (SSSR count). The molecular weight excluding hydrogens is 475 g/mol. The van der Waals surface area contributed by atoms with E-state index < -0.39 is 14.6 Å². The topological polar surface area (TPSA) is 65.0 Å². The standard InChI is InChI=1S/C19H32N4O2S.HI/c1-6-20-18(23-12-13-26(24,25)19(2,3)15-23)21-14-17(22(4)5)16-10-8-7-9-11-16;/h7-11,17H,6,12-15H2,1-5H3,(H,20,21);1H. The van der Waals surface area contributed by atoms with Crippen molar-refractivity contribution < 1.29 is 8.42 Å². The molecule has 0 bridgehead atoms. The zero-order valence-corrected chi connectivity index (χ0v) is 20.1. The van der Waals surface area contributed by atoms with Gasteiger partial charge >= 0.3 is 0 Å². The van der Waals surface area contributed by atoms with E-state index in [2.05, 4.69) is 41.3 Å². The van der Waals surface area contributed by atoms with Crippen LogP contribution in [0.2, 0.25) is 0 Å². The number of likely N-dealkylation sites (N-methyl/N-ethyl adjacent to an activating group) is 1. The molecule has 1 fully saturated rings. The number of halogens is 1. The summed E-state index contributed by atoms with van der Waals surface area (Å²) in [5, 5.41) is 3.33. The molecule has 1 aliphatic rings. The molecule has 1 heterocycles. The Kier molecular flexibility index (Phi) is 9.01. The van der Waals surface area contributed by atoms with Crippen LogP contribution in [0.25, 0.3) is 0 Å². The van der Waals surface area contributed by atoms with E-state index in [-0.39, 0.29) is 35.8 Å². The first-order chi connectivity index (χ1) is 12.2. The largest absolute Gasteiger partial charge is 0.357 e. The maximum atomic E-state index is 12.3. The number of rotatable bonds is 5. The molecule has 27 heavy (non-hydrogen) atoms. The number of hydrogen-bond acceptors (Lipinski definition) is 4. The van der Waals surface area contributed by atoms with Gasteiger partial charge in [-0.05, 0) is 40.4 Å². The molecule has 6 nitrogen and oxygen atoms in total. The molecule has 0 radical (unpaired) electrons. The van der Waals surface area contributed by atoms with Crippen LogP contribution in [0.15, 0.2) is 35.3 Å². The van der Waals surface area contributed by atoms with Crippen LogP contribution in [0.3, 0.4) is 0 Å². The van der Waals surface area contributed by atoms with Gasteiger partial charge in [-0.2, -0.15) is 0 Å². The van der Waals surface area contributed by atoms with Crippen molar-refractivity contribution in [1.29, 1.82) is 0 Å². The lowest BCUT2D eigenvalue weighted by Crippen LogP contribution is -2.57. The molecule has 1 aliphatic heterocycles. The summed E-state index contributed by atoms with van der Waals surface area (Å²) in [6.45, 7) is 7.93. The maximum Gasteiger partial charge on any atom is 0.194 e. The van der Waals surface area contributed by atoms with Gasteiger partial charge in [0.1, 0.15) is 0 Å². The number of benzene rings is 1. The highest BCUT2D eigenvalue weighted by atomic mass is 127. The SMILES string of the molecule is CCNC(=NCC(c1ccccc1)N(C)C)N1CCS(=O)(=O)C(C)(C)C1.I. The molecule has 1 unspecified atom stereocenters. The highest BCUT2D eigenvalue weighted by Crippen LogP contribution is 2.24. The van der Waals surface area contributed by atoms with Crippen LogP contribution < -0.4 is 5.32 Å². The zero-order valence-electron chi connectivity index (χ0n) is 17.0. The first kappa shape index (κ1) is 24.2. The molecule has 1 N–H and O–H groups in total. The Morgan fingerprint density at radius 3 is 2.44 bits per heavy atom. The van der Waals surface area contributed by atoms with Crippen molar-refractivity contribution in [3.05, 3.63) is 35.9 Å². The van der Waals surface area contributed by atoms with Crippen molar-refractivity contribution in [2.75, 3.05) is 46.0 Å². The third kappa shape index (κ3) is 6.05. The second kappa shape index (κ2) is 10.1. The maximum absolute atomic E-state index is 12.3. The summed E-state index contributed by atoms with van der Waals surface area (Å²) in [6.07, 6.45) is 0. The summed E-state index contributed by atoms with van der Waals surface area (Å²) in [7, 11) is 1.04. The van der Waals surface area contributed by atoms with E-state index in [1.165, 1.54) is 5.56 Å². The van der Waals surface area contributed by atoms with E-state index in [0.29, 0.717) is 19.6 Å². The van der Waals surface area contributed by atoms with Gasteiger partial charge in [0.05, 0.1) is 23.1 Å². The number of aliphatic imine (C=N–C) groups is 1. The molecule has 1 aromatic carbocycles. The Balaban J connectivity index is 0.00000364.